The first-order valence-electron chi connectivity index (χ1n) is 7.33. The van der Waals surface area contributed by atoms with Gasteiger partial charge in [-0.25, -0.2) is 0 Å². The van der Waals surface area contributed by atoms with Gasteiger partial charge in [-0.2, -0.15) is 0 Å². The van der Waals surface area contributed by atoms with Gasteiger partial charge in [-0.1, -0.05) is 6.42 Å². The normalized spacial score (nSPS) is 19.2. The van der Waals surface area contributed by atoms with E-state index in [4.69, 9.17) is 4.74 Å². The van der Waals surface area contributed by atoms with Crippen LogP contribution in [0, 0.1) is 13.8 Å². The molecule has 0 saturated carbocycles. The first kappa shape index (κ1) is 14.2. The average Bonchev–Trinajstić information content (AvgIpc) is 2.43. The van der Waals surface area contributed by atoms with Gasteiger partial charge in [0.15, 0.2) is 0 Å². The van der Waals surface area contributed by atoms with Crippen molar-refractivity contribution in [2.75, 3.05) is 25.5 Å². The largest absolute Gasteiger partial charge is 0.495 e. The van der Waals surface area contributed by atoms with Gasteiger partial charge in [-0.05, 0) is 62.9 Å². The number of rotatable bonds is 5. The van der Waals surface area contributed by atoms with Crippen molar-refractivity contribution in [3.05, 3.63) is 23.3 Å². The van der Waals surface area contributed by atoms with Gasteiger partial charge in [-0.15, -0.1) is 0 Å². The second-order valence-corrected chi connectivity index (χ2v) is 5.50. The summed E-state index contributed by atoms with van der Waals surface area (Å²) in [6, 6.07) is 4.97. The number of nitrogens with one attached hydrogen (secondary N) is 2. The van der Waals surface area contributed by atoms with Crippen molar-refractivity contribution in [1.29, 1.82) is 0 Å². The molecule has 0 aliphatic carbocycles. The lowest BCUT2D eigenvalue weighted by atomic mass is 10.0. The van der Waals surface area contributed by atoms with E-state index in [1.54, 1.807) is 7.11 Å². The van der Waals surface area contributed by atoms with E-state index in [1.165, 1.54) is 43.4 Å². The van der Waals surface area contributed by atoms with Crippen molar-refractivity contribution in [1.82, 2.24) is 5.32 Å². The van der Waals surface area contributed by atoms with Crippen LogP contribution in [0.25, 0.3) is 0 Å². The zero-order valence-electron chi connectivity index (χ0n) is 12.4. The van der Waals surface area contributed by atoms with Crippen LogP contribution >= 0.6 is 0 Å². The molecule has 3 heteroatoms. The minimum atomic E-state index is 0.679. The summed E-state index contributed by atoms with van der Waals surface area (Å²) in [5.41, 5.74) is 3.69. The molecule has 2 rings (SSSR count). The van der Waals surface area contributed by atoms with Crippen molar-refractivity contribution < 1.29 is 4.74 Å². The van der Waals surface area contributed by atoms with Gasteiger partial charge in [0, 0.05) is 12.6 Å². The van der Waals surface area contributed by atoms with E-state index in [0.717, 1.165) is 18.0 Å². The lowest BCUT2D eigenvalue weighted by Crippen LogP contribution is -2.35. The molecule has 19 heavy (non-hydrogen) atoms. The van der Waals surface area contributed by atoms with Gasteiger partial charge in [0.25, 0.3) is 0 Å². The second kappa shape index (κ2) is 6.80. The molecule has 0 radical (unpaired) electrons. The molecule has 0 aromatic heterocycles. The molecular weight excluding hydrogens is 236 g/mol. The molecule has 2 N–H and O–H groups in total. The molecule has 1 heterocycles. The Morgan fingerprint density at radius 2 is 2.05 bits per heavy atom. The van der Waals surface area contributed by atoms with E-state index in [2.05, 4.69) is 36.6 Å². The van der Waals surface area contributed by atoms with Crippen LogP contribution < -0.4 is 15.4 Å². The molecule has 1 unspecified atom stereocenters. The minimum absolute atomic E-state index is 0.679. The highest BCUT2D eigenvalue weighted by molar-refractivity contribution is 5.60. The predicted molar refractivity (Wildman–Crippen MR) is 81.2 cm³/mol. The van der Waals surface area contributed by atoms with Crippen LogP contribution in [0.3, 0.4) is 0 Å². The quantitative estimate of drug-likeness (QED) is 0.854. The molecule has 3 nitrogen and oxygen atoms in total. The summed E-state index contributed by atoms with van der Waals surface area (Å²) in [4.78, 5) is 0. The number of piperidine rings is 1. The highest BCUT2D eigenvalue weighted by Gasteiger charge is 2.12. The number of benzene rings is 1. The highest BCUT2D eigenvalue weighted by atomic mass is 16.5. The highest BCUT2D eigenvalue weighted by Crippen LogP contribution is 2.28. The van der Waals surface area contributed by atoms with Crippen molar-refractivity contribution in [3.8, 4) is 5.75 Å². The number of hydrogen-bond donors (Lipinski definition) is 2. The maximum Gasteiger partial charge on any atom is 0.142 e. The van der Waals surface area contributed by atoms with Crippen molar-refractivity contribution in [2.24, 2.45) is 0 Å². The predicted octanol–water partition coefficient (Wildman–Crippen LogP) is 3.26. The van der Waals surface area contributed by atoms with Crippen LogP contribution in [-0.4, -0.2) is 26.2 Å². The Bertz CT molecular complexity index is 411. The van der Waals surface area contributed by atoms with Gasteiger partial charge in [-0.3, -0.25) is 0 Å². The summed E-state index contributed by atoms with van der Waals surface area (Å²) in [5, 5.41) is 7.10. The lowest BCUT2D eigenvalue weighted by Gasteiger charge is -2.24. The monoisotopic (exact) mass is 262 g/mol. The van der Waals surface area contributed by atoms with Gasteiger partial charge in [0.05, 0.1) is 12.8 Å². The number of hydrogen-bond acceptors (Lipinski definition) is 3. The molecule has 0 spiro atoms. The fourth-order valence-electron chi connectivity index (χ4n) is 2.65. The van der Waals surface area contributed by atoms with Gasteiger partial charge < -0.3 is 15.4 Å². The lowest BCUT2D eigenvalue weighted by molar-refractivity contribution is 0.388. The van der Waals surface area contributed by atoms with Crippen LogP contribution in [0.15, 0.2) is 12.1 Å². The molecule has 0 bridgehead atoms. The van der Waals surface area contributed by atoms with Crippen molar-refractivity contribution in [3.63, 3.8) is 0 Å². The summed E-state index contributed by atoms with van der Waals surface area (Å²) < 4.78 is 5.45. The zero-order valence-corrected chi connectivity index (χ0v) is 12.4. The third-order valence-electron chi connectivity index (χ3n) is 4.04. The fourth-order valence-corrected chi connectivity index (χ4v) is 2.65. The standard InChI is InChI=1S/C16H26N2O/c1-12-10-15(16(19-3)11-13(12)2)18-9-7-14-6-4-5-8-17-14/h10-11,14,17-18H,4-9H2,1-3H3. The van der Waals surface area contributed by atoms with E-state index in [0.29, 0.717) is 6.04 Å². The van der Waals surface area contributed by atoms with Crippen molar-refractivity contribution in [2.45, 2.75) is 45.6 Å². The zero-order chi connectivity index (χ0) is 13.7. The Morgan fingerprint density at radius 3 is 2.74 bits per heavy atom. The van der Waals surface area contributed by atoms with Crippen LogP contribution in [0.2, 0.25) is 0 Å². The molecule has 1 saturated heterocycles. The van der Waals surface area contributed by atoms with E-state index < -0.39 is 0 Å². The molecular formula is C16H26N2O. The number of anilines is 1. The minimum Gasteiger partial charge on any atom is -0.495 e. The molecule has 1 aliphatic heterocycles. The van der Waals surface area contributed by atoms with Gasteiger partial charge in [0.1, 0.15) is 5.75 Å². The smallest absolute Gasteiger partial charge is 0.142 e. The topological polar surface area (TPSA) is 33.3 Å². The maximum atomic E-state index is 5.45. The third-order valence-corrected chi connectivity index (χ3v) is 4.04. The van der Waals surface area contributed by atoms with Crippen molar-refractivity contribution >= 4 is 5.69 Å². The molecule has 1 fully saturated rings. The Kier molecular flexibility index (Phi) is 5.08. The molecule has 0 amide bonds. The Labute approximate surface area is 116 Å². The van der Waals surface area contributed by atoms with Gasteiger partial charge >= 0.3 is 0 Å². The molecule has 1 aromatic rings. The maximum absolute atomic E-state index is 5.45. The van der Waals surface area contributed by atoms with E-state index in [-0.39, 0.29) is 0 Å². The molecule has 1 aromatic carbocycles. The first-order valence-corrected chi connectivity index (χ1v) is 7.33. The average molecular weight is 262 g/mol. The van der Waals surface area contributed by atoms with Crippen LogP contribution in [0.4, 0.5) is 5.69 Å². The van der Waals surface area contributed by atoms with Crippen LogP contribution in [0.1, 0.15) is 36.8 Å². The Morgan fingerprint density at radius 1 is 1.26 bits per heavy atom. The first-order chi connectivity index (χ1) is 9.20. The molecule has 1 aliphatic rings. The van der Waals surface area contributed by atoms with E-state index >= 15 is 0 Å². The van der Waals surface area contributed by atoms with E-state index in [1.807, 2.05) is 0 Å². The van der Waals surface area contributed by atoms with E-state index in [9.17, 15) is 0 Å². The fraction of sp³-hybridized carbons (Fsp3) is 0.625. The Balaban J connectivity index is 1.89. The summed E-state index contributed by atoms with van der Waals surface area (Å²) in [5.74, 6) is 0.944. The number of aryl methyl sites for hydroxylation is 2. The Hall–Kier alpha value is -1.22. The second-order valence-electron chi connectivity index (χ2n) is 5.50. The molecule has 106 valence electrons. The number of methoxy groups -OCH3 is 1. The third kappa shape index (κ3) is 3.87. The molecule has 1 atom stereocenters. The summed E-state index contributed by atoms with van der Waals surface area (Å²) in [6.07, 6.45) is 5.18. The summed E-state index contributed by atoms with van der Waals surface area (Å²) >= 11 is 0. The van der Waals surface area contributed by atoms with Crippen LogP contribution in [-0.2, 0) is 0 Å². The number of ether oxygens (including phenoxy) is 1. The SMILES string of the molecule is COc1cc(C)c(C)cc1NCCC1CCCCN1. The summed E-state index contributed by atoms with van der Waals surface area (Å²) in [6.45, 7) is 6.43. The van der Waals surface area contributed by atoms with Crippen LogP contribution in [0.5, 0.6) is 5.75 Å². The van der Waals surface area contributed by atoms with Gasteiger partial charge in [0.2, 0.25) is 0 Å². The summed E-state index contributed by atoms with van der Waals surface area (Å²) in [7, 11) is 1.73.